The zero-order chi connectivity index (χ0) is 83.4. The molecule has 7 atom stereocenters. The van der Waals surface area contributed by atoms with Crippen molar-refractivity contribution < 1.29 is 4.52 Å². The minimum atomic E-state index is 0.391. The summed E-state index contributed by atoms with van der Waals surface area (Å²) in [5.74, 6) is 2.82. The number of hydrogen-bond acceptors (Lipinski definition) is 29. The van der Waals surface area contributed by atoms with Crippen LogP contribution in [0, 0.1) is 0 Å². The van der Waals surface area contributed by atoms with E-state index in [1.54, 1.807) is 22.3 Å². The summed E-state index contributed by atoms with van der Waals surface area (Å²) in [4.78, 5) is 50.9. The smallest absolute Gasteiger partial charge is 0.191 e. The zero-order valence-electron chi connectivity index (χ0n) is 75.2. The quantitative estimate of drug-likeness (QED) is 0.103. The van der Waals surface area contributed by atoms with Crippen LogP contribution in [0.4, 0.5) is 0 Å². The molecule has 21 heterocycles. The van der Waals surface area contributed by atoms with Gasteiger partial charge in [-0.25, -0.2) is 14.6 Å². The van der Waals surface area contributed by atoms with Gasteiger partial charge in [-0.05, 0) is 394 Å². The lowest BCUT2D eigenvalue weighted by molar-refractivity contribution is 0.105. The molecule has 33 heteroatoms. The Labute approximate surface area is 730 Å². The number of aromatic amines is 2. The number of thiazole rings is 1. The normalized spacial score (nSPS) is 28.6. The van der Waals surface area contributed by atoms with Crippen molar-refractivity contribution in [1.82, 2.24) is 150 Å². The number of H-pyrrole nitrogens is 2. The summed E-state index contributed by atoms with van der Waals surface area (Å²) >= 11 is 3.76. The third kappa shape index (κ3) is 24.2. The molecule has 7 aromatic heterocycles. The second-order valence-electron chi connectivity index (χ2n) is 37.9. The average molecular weight is 1710 g/mol. The molecule has 0 spiro atoms. The van der Waals surface area contributed by atoms with Gasteiger partial charge < -0.3 is 43.8 Å². The molecule has 0 aromatic carbocycles. The summed E-state index contributed by atoms with van der Waals surface area (Å²) < 4.78 is 6.83. The first-order valence-electron chi connectivity index (χ1n) is 47.3. The van der Waals surface area contributed by atoms with Crippen molar-refractivity contribution in [2.24, 2.45) is 14.1 Å². The lowest BCUT2D eigenvalue weighted by Crippen LogP contribution is -2.43. The van der Waals surface area contributed by atoms with Gasteiger partial charge in [-0.2, -0.15) is 10.0 Å². The van der Waals surface area contributed by atoms with Gasteiger partial charge >= 0.3 is 0 Å². The fraction of sp³-hybridized carbons (Fsp3) is 0.818. The van der Waals surface area contributed by atoms with E-state index in [0.29, 0.717) is 54.4 Å². The highest BCUT2D eigenvalue weighted by atomic mass is 32.1. The van der Waals surface area contributed by atoms with Crippen LogP contribution in [0.5, 0.6) is 0 Å². The number of piperidine rings is 7. The Morgan fingerprint density at radius 3 is 1.17 bits per heavy atom. The highest BCUT2D eigenvalue weighted by molar-refractivity contribution is 7.10. The molecule has 21 rings (SSSR count). The van der Waals surface area contributed by atoms with Gasteiger partial charge in [0.2, 0.25) is 0 Å². The van der Waals surface area contributed by atoms with E-state index in [2.05, 4.69) is 212 Å². The lowest BCUT2D eigenvalue weighted by Gasteiger charge is -2.38. The van der Waals surface area contributed by atoms with Crippen LogP contribution in [0.3, 0.4) is 0 Å². The number of tetrazole rings is 3. The first-order chi connectivity index (χ1) is 59.2. The SMILES string of the molecule is CN1CCC(N2CCCC2c2ccon2)CC1.CN1CCC(N2CCCC2c2cnc[nH]2)CC1.CN1CCC(N2CCCC2c2nn[nH]n2)CC1.CN1CCC(N2CCCC2c2nnn(C)n2)CC1.CN1CCC(N2CCCC2c2nnnn2C)CC1.CN1CCC(N2CCC[C@@H]2c2cccs2)CC1.CN1CCC(N2CCC[C@@H]2c2nccs2)CC1. The predicted molar refractivity (Wildman–Crippen MR) is 478 cm³/mol. The number of nitrogens with zero attached hydrogens (tertiary/aromatic N) is 28. The van der Waals surface area contributed by atoms with E-state index in [1.165, 1.54) is 328 Å². The van der Waals surface area contributed by atoms with E-state index >= 15 is 0 Å². The summed E-state index contributed by atoms with van der Waals surface area (Å²) in [6, 6.07) is 15.5. The second kappa shape index (κ2) is 45.2. The summed E-state index contributed by atoms with van der Waals surface area (Å²) in [5, 5.41) is 48.9. The van der Waals surface area contributed by atoms with Gasteiger partial charge in [-0.15, -0.1) is 48.2 Å². The van der Waals surface area contributed by atoms with Crippen LogP contribution in [0.15, 0.2) is 58.5 Å². The molecule has 0 bridgehead atoms. The van der Waals surface area contributed by atoms with Crippen molar-refractivity contribution in [2.75, 3.05) is 187 Å². The molecule has 31 nitrogen and oxygen atoms in total. The van der Waals surface area contributed by atoms with E-state index in [-0.39, 0.29) is 0 Å². The Morgan fingerprint density at radius 2 is 0.785 bits per heavy atom. The van der Waals surface area contributed by atoms with Crippen LogP contribution < -0.4 is 0 Å². The average Bonchev–Trinajstić information content (AvgIpc) is 1.67. The maximum absolute atomic E-state index is 4.99. The number of aromatic nitrogens is 16. The first-order valence-corrected chi connectivity index (χ1v) is 49.1. The molecule has 14 fully saturated rings. The molecule has 14 aliphatic rings. The molecule has 0 amide bonds. The van der Waals surface area contributed by atoms with Gasteiger partial charge in [0.25, 0.3) is 0 Å². The minimum absolute atomic E-state index is 0.391. The monoisotopic (exact) mass is 1710 g/mol. The molecule has 14 aliphatic heterocycles. The van der Waals surface area contributed by atoms with Gasteiger partial charge in [0.15, 0.2) is 17.5 Å². The summed E-state index contributed by atoms with van der Waals surface area (Å²) in [6.07, 6.45) is 43.6. The van der Waals surface area contributed by atoms with Crippen molar-refractivity contribution in [3.63, 3.8) is 0 Å². The van der Waals surface area contributed by atoms with E-state index in [1.807, 2.05) is 59.9 Å². The number of likely N-dealkylation sites (tertiary alicyclic amines) is 14. The Balaban J connectivity index is 0.000000110. The van der Waals surface area contributed by atoms with E-state index in [4.69, 9.17) is 4.52 Å². The second-order valence-corrected chi connectivity index (χ2v) is 39.8. The van der Waals surface area contributed by atoms with Crippen LogP contribution in [-0.4, -0.2) is 379 Å². The van der Waals surface area contributed by atoms with Gasteiger partial charge in [-0.1, -0.05) is 16.4 Å². The number of nitrogens with one attached hydrogen (secondary N) is 2. The lowest BCUT2D eigenvalue weighted by atomic mass is 10.0. The van der Waals surface area contributed by atoms with Gasteiger partial charge in [-0.3, -0.25) is 34.3 Å². The maximum Gasteiger partial charge on any atom is 0.191 e. The molecule has 121 heavy (non-hydrogen) atoms. The van der Waals surface area contributed by atoms with Crippen molar-refractivity contribution in [3.8, 4) is 0 Å². The molecule has 5 unspecified atom stereocenters. The van der Waals surface area contributed by atoms with Crippen molar-refractivity contribution in [3.05, 3.63) is 92.7 Å². The number of rotatable bonds is 14. The minimum Gasteiger partial charge on any atom is -0.364 e. The molecule has 670 valence electrons. The van der Waals surface area contributed by atoms with E-state index in [0.717, 1.165) is 53.4 Å². The summed E-state index contributed by atoms with van der Waals surface area (Å²) in [5.41, 5.74) is 2.43. The molecule has 14 saturated heterocycles. The van der Waals surface area contributed by atoms with Crippen LogP contribution >= 0.6 is 22.7 Å². The number of thiophene rings is 1. The fourth-order valence-corrected chi connectivity index (χ4v) is 24.6. The van der Waals surface area contributed by atoms with Gasteiger partial charge in [0, 0.05) is 84.1 Å². The Morgan fingerprint density at radius 1 is 0.380 bits per heavy atom. The maximum atomic E-state index is 4.99. The van der Waals surface area contributed by atoms with Crippen molar-refractivity contribution in [2.45, 2.75) is 264 Å². The largest absolute Gasteiger partial charge is 0.364 e. The first kappa shape index (κ1) is 90.2. The molecule has 0 aliphatic carbocycles. The van der Waals surface area contributed by atoms with E-state index in [9.17, 15) is 0 Å². The molecule has 0 saturated carbocycles. The third-order valence-electron chi connectivity index (χ3n) is 29.9. The zero-order valence-corrected chi connectivity index (χ0v) is 76.8. The van der Waals surface area contributed by atoms with Crippen molar-refractivity contribution >= 4 is 22.7 Å². The molecule has 7 aromatic rings. The van der Waals surface area contributed by atoms with Gasteiger partial charge in [0.1, 0.15) is 17.0 Å². The number of imidazole rings is 1. The van der Waals surface area contributed by atoms with Crippen molar-refractivity contribution in [1.29, 1.82) is 0 Å². The molecule has 0 radical (unpaired) electrons. The number of hydrogen-bond donors (Lipinski definition) is 2. The van der Waals surface area contributed by atoms with E-state index < -0.39 is 0 Å². The highest BCUT2D eigenvalue weighted by Gasteiger charge is 2.42. The Bertz CT molecular complexity index is 3520. The standard InChI is InChI=1S/C14H22N2S.C13H22N4.C13H21N3O.C13H21N3S.2C12H22N6.C11H20N6/c1-15-9-6-12(7-10-15)16-8-2-4-13(16)14-5-3-11-17-14;1-16-7-4-11(5-8-16)17-6-2-3-13(17)12-9-14-10-15-12;1-15-8-4-11(5-9-15)16-7-2-3-13(16)12-6-10-17-14-12;1-15-8-4-11(5-9-15)16-7-2-3-12(16)13-14-6-10-17-13;1-16-8-5-10(6-9-16)18-7-3-4-11(18)12-13-14-15-17(12)2;1-16-8-5-10(6-9-16)18-7-3-4-11(18)12-13-15-17(2)14-12;1-16-7-4-9(5-8-16)17-6-2-3-10(17)11-12-14-15-13-11/h3,5,11-13H,2,4,6-10H2,1H3;9-11,13H,2-8H2,1H3,(H,14,15);6,10-11,13H,2-5,7-9H2,1H3;6,10-12H,2-5,7-9H2,1H3;2*10-11H,3-9H2,1-2H3;9-10H,2-8H2,1H3,(H,12,13,14,15)/t13-;;;12-;;;/m1..1.../s1. The van der Waals surface area contributed by atoms with Crippen LogP contribution in [0.2, 0.25) is 0 Å². The van der Waals surface area contributed by atoms with Crippen LogP contribution in [0.25, 0.3) is 0 Å². The summed E-state index contributed by atoms with van der Waals surface area (Å²) in [6.45, 7) is 25.9. The Kier molecular flexibility index (Phi) is 33.7. The third-order valence-corrected chi connectivity index (χ3v) is 31.7. The van der Waals surface area contributed by atoms with Crippen LogP contribution in [0.1, 0.15) is 261 Å². The van der Waals surface area contributed by atoms with Gasteiger partial charge in [0.05, 0.1) is 55.3 Å². The number of aryl methyl sites for hydroxylation is 2. The predicted octanol–water partition coefficient (Wildman–Crippen LogP) is 10.2. The fourth-order valence-electron chi connectivity index (χ4n) is 22.9. The highest BCUT2D eigenvalue weighted by Crippen LogP contribution is 2.43. The summed E-state index contributed by atoms with van der Waals surface area (Å²) in [7, 11) is 19.3. The Hall–Kier alpha value is -5.60. The van der Waals surface area contributed by atoms with Crippen LogP contribution in [-0.2, 0) is 14.1 Å². The molecular formula is C88H150N30OS2. The topological polar surface area (TPSA) is 255 Å². The molecular weight excluding hydrogens is 1560 g/mol. The molecule has 2 N–H and O–H groups in total.